The molecule has 1 amide bonds. The molecule has 2 aromatic carbocycles. The summed E-state index contributed by atoms with van der Waals surface area (Å²) < 4.78 is 16.7. The second-order valence-electron chi connectivity index (χ2n) is 6.12. The lowest BCUT2D eigenvalue weighted by molar-refractivity contribution is -0.116. The third kappa shape index (κ3) is 4.92. The lowest BCUT2D eigenvalue weighted by Gasteiger charge is -2.11. The smallest absolute Gasteiger partial charge is 0.254 e. The molecule has 3 rings (SSSR count). The van der Waals surface area contributed by atoms with Crippen LogP contribution in [0.5, 0.6) is 17.2 Å². The van der Waals surface area contributed by atoms with Crippen LogP contribution < -0.4 is 25.1 Å². The van der Waals surface area contributed by atoms with Gasteiger partial charge in [0.25, 0.3) is 5.56 Å². The van der Waals surface area contributed by atoms with Crippen LogP contribution >= 0.6 is 0 Å². The quantitative estimate of drug-likeness (QED) is 0.661. The van der Waals surface area contributed by atoms with Crippen molar-refractivity contribution in [3.63, 3.8) is 0 Å². The van der Waals surface area contributed by atoms with Crippen molar-refractivity contribution < 1.29 is 19.0 Å². The summed E-state index contributed by atoms with van der Waals surface area (Å²) in [6, 6.07) is 13.6. The minimum atomic E-state index is -0.374. The number of anilines is 1. The standard InChI is InChI=1S/C21H21N3O5/c1-27-16-6-4-14(5-7-16)19-11-21(26)24(13-22-19)12-20(25)23-15-8-17(28-2)10-18(9-15)29-3/h4-11,13H,12H2,1-3H3,(H,23,25). The fourth-order valence-electron chi connectivity index (χ4n) is 2.70. The van der Waals surface area contributed by atoms with Crippen molar-refractivity contribution >= 4 is 11.6 Å². The molecule has 150 valence electrons. The predicted octanol–water partition coefficient (Wildman–Crippen LogP) is 2.57. The molecule has 8 heteroatoms. The van der Waals surface area contributed by atoms with Crippen molar-refractivity contribution in [1.82, 2.24) is 9.55 Å². The first-order chi connectivity index (χ1) is 14.0. The molecule has 0 atom stereocenters. The van der Waals surface area contributed by atoms with Gasteiger partial charge in [-0.3, -0.25) is 14.2 Å². The second kappa shape index (κ2) is 8.92. The second-order valence-corrected chi connectivity index (χ2v) is 6.12. The molecule has 1 heterocycles. The van der Waals surface area contributed by atoms with E-state index in [9.17, 15) is 9.59 Å². The molecule has 0 radical (unpaired) electrons. The van der Waals surface area contributed by atoms with Gasteiger partial charge in [0.2, 0.25) is 5.91 Å². The van der Waals surface area contributed by atoms with E-state index in [0.717, 1.165) is 5.56 Å². The number of amides is 1. The van der Waals surface area contributed by atoms with Gasteiger partial charge >= 0.3 is 0 Å². The summed E-state index contributed by atoms with van der Waals surface area (Å²) in [5, 5.41) is 2.73. The van der Waals surface area contributed by atoms with Crippen LogP contribution in [-0.2, 0) is 11.3 Å². The fourth-order valence-corrected chi connectivity index (χ4v) is 2.70. The topological polar surface area (TPSA) is 91.7 Å². The number of carbonyl (C=O) groups is 1. The van der Waals surface area contributed by atoms with Crippen LogP contribution in [0.2, 0.25) is 0 Å². The van der Waals surface area contributed by atoms with Crippen molar-refractivity contribution in [2.75, 3.05) is 26.6 Å². The number of hydrogen-bond acceptors (Lipinski definition) is 6. The Morgan fingerprint density at radius 1 is 0.931 bits per heavy atom. The molecule has 0 bridgehead atoms. The number of nitrogens with zero attached hydrogens (tertiary/aromatic N) is 2. The number of ether oxygens (including phenoxy) is 3. The number of carbonyl (C=O) groups excluding carboxylic acids is 1. The largest absolute Gasteiger partial charge is 0.497 e. The van der Waals surface area contributed by atoms with Crippen LogP contribution in [0.1, 0.15) is 0 Å². The van der Waals surface area contributed by atoms with Crippen molar-refractivity contribution in [1.29, 1.82) is 0 Å². The molecule has 1 aromatic heterocycles. The van der Waals surface area contributed by atoms with Crippen LogP contribution in [0, 0.1) is 0 Å². The molecule has 0 spiro atoms. The molecule has 3 aromatic rings. The summed E-state index contributed by atoms with van der Waals surface area (Å²) in [5.74, 6) is 1.43. The first-order valence-electron chi connectivity index (χ1n) is 8.76. The Balaban J connectivity index is 1.73. The zero-order valence-corrected chi connectivity index (χ0v) is 16.3. The van der Waals surface area contributed by atoms with Crippen molar-refractivity contribution in [2.24, 2.45) is 0 Å². The lowest BCUT2D eigenvalue weighted by atomic mass is 10.1. The summed E-state index contributed by atoms with van der Waals surface area (Å²) in [5.41, 5.74) is 1.47. The maximum Gasteiger partial charge on any atom is 0.254 e. The highest BCUT2D eigenvalue weighted by Crippen LogP contribution is 2.25. The van der Waals surface area contributed by atoms with Crippen molar-refractivity contribution in [2.45, 2.75) is 6.54 Å². The third-order valence-electron chi connectivity index (χ3n) is 4.21. The predicted molar refractivity (Wildman–Crippen MR) is 109 cm³/mol. The zero-order valence-electron chi connectivity index (χ0n) is 16.3. The average Bonchev–Trinajstić information content (AvgIpc) is 2.74. The van der Waals surface area contributed by atoms with Gasteiger partial charge in [0.05, 0.1) is 33.4 Å². The average molecular weight is 395 g/mol. The Kier molecular flexibility index (Phi) is 6.13. The summed E-state index contributed by atoms with van der Waals surface area (Å²) in [7, 11) is 4.63. The molecule has 1 N–H and O–H groups in total. The minimum Gasteiger partial charge on any atom is -0.497 e. The molecule has 0 aliphatic rings. The zero-order chi connectivity index (χ0) is 20.8. The van der Waals surface area contributed by atoms with Crippen LogP contribution in [0.15, 0.2) is 59.7 Å². The maximum absolute atomic E-state index is 12.4. The van der Waals surface area contributed by atoms with E-state index in [1.165, 1.54) is 31.2 Å². The highest BCUT2D eigenvalue weighted by atomic mass is 16.5. The number of benzene rings is 2. The summed E-state index contributed by atoms with van der Waals surface area (Å²) in [4.78, 5) is 29.1. The lowest BCUT2D eigenvalue weighted by Crippen LogP contribution is -2.27. The van der Waals surface area contributed by atoms with Gasteiger partial charge in [-0.1, -0.05) is 0 Å². The Bertz CT molecular complexity index is 1040. The van der Waals surface area contributed by atoms with E-state index in [1.54, 1.807) is 37.4 Å². The monoisotopic (exact) mass is 395 g/mol. The fraction of sp³-hybridized carbons (Fsp3) is 0.190. The third-order valence-corrected chi connectivity index (χ3v) is 4.21. The van der Waals surface area contributed by atoms with E-state index in [0.29, 0.717) is 28.6 Å². The summed E-state index contributed by atoms with van der Waals surface area (Å²) in [6.45, 7) is -0.172. The molecular formula is C21H21N3O5. The van der Waals surface area contributed by atoms with E-state index in [2.05, 4.69) is 10.3 Å². The normalized spacial score (nSPS) is 10.3. The molecular weight excluding hydrogens is 374 g/mol. The van der Waals surface area contributed by atoms with Gasteiger partial charge in [-0.05, 0) is 24.3 Å². The minimum absolute atomic E-state index is 0.172. The van der Waals surface area contributed by atoms with Gasteiger partial charge in [-0.2, -0.15) is 0 Å². The number of hydrogen-bond donors (Lipinski definition) is 1. The van der Waals surface area contributed by atoms with Gasteiger partial charge < -0.3 is 19.5 Å². The molecule has 0 fully saturated rings. The number of methoxy groups -OCH3 is 3. The summed E-state index contributed by atoms with van der Waals surface area (Å²) >= 11 is 0. The van der Waals surface area contributed by atoms with Gasteiger partial charge in [0.15, 0.2) is 0 Å². The van der Waals surface area contributed by atoms with E-state index in [1.807, 2.05) is 12.1 Å². The Morgan fingerprint density at radius 2 is 1.55 bits per heavy atom. The summed E-state index contributed by atoms with van der Waals surface area (Å²) in [6.07, 6.45) is 1.35. The Morgan fingerprint density at radius 3 is 2.10 bits per heavy atom. The van der Waals surface area contributed by atoms with Crippen LogP contribution in [0.3, 0.4) is 0 Å². The highest BCUT2D eigenvalue weighted by molar-refractivity contribution is 5.91. The molecule has 0 unspecified atom stereocenters. The van der Waals surface area contributed by atoms with Crippen LogP contribution in [0.4, 0.5) is 5.69 Å². The van der Waals surface area contributed by atoms with E-state index in [4.69, 9.17) is 14.2 Å². The Labute approximate surface area is 167 Å². The van der Waals surface area contributed by atoms with Gasteiger partial charge in [0, 0.05) is 35.5 Å². The van der Waals surface area contributed by atoms with E-state index in [-0.39, 0.29) is 18.0 Å². The molecule has 29 heavy (non-hydrogen) atoms. The van der Waals surface area contributed by atoms with Gasteiger partial charge in [-0.15, -0.1) is 0 Å². The number of nitrogens with one attached hydrogen (secondary N) is 1. The van der Waals surface area contributed by atoms with E-state index < -0.39 is 0 Å². The SMILES string of the molecule is COc1ccc(-c2cc(=O)n(CC(=O)Nc3cc(OC)cc(OC)c3)cn2)cc1. The maximum atomic E-state index is 12.4. The van der Waals surface area contributed by atoms with Crippen molar-refractivity contribution in [3.05, 3.63) is 65.2 Å². The number of aromatic nitrogens is 2. The van der Waals surface area contributed by atoms with Crippen LogP contribution in [-0.4, -0.2) is 36.8 Å². The van der Waals surface area contributed by atoms with Gasteiger partial charge in [-0.25, -0.2) is 4.98 Å². The first-order valence-corrected chi connectivity index (χ1v) is 8.76. The highest BCUT2D eigenvalue weighted by Gasteiger charge is 2.10. The van der Waals surface area contributed by atoms with E-state index >= 15 is 0 Å². The number of rotatable bonds is 7. The first kappa shape index (κ1) is 19.9. The van der Waals surface area contributed by atoms with Gasteiger partial charge in [0.1, 0.15) is 23.8 Å². The molecule has 0 saturated heterocycles. The van der Waals surface area contributed by atoms with Crippen LogP contribution in [0.25, 0.3) is 11.3 Å². The molecule has 0 aliphatic carbocycles. The molecule has 8 nitrogen and oxygen atoms in total. The molecule has 0 saturated carbocycles. The van der Waals surface area contributed by atoms with Crippen molar-refractivity contribution in [3.8, 4) is 28.5 Å². The Hall–Kier alpha value is -3.81. The molecule has 0 aliphatic heterocycles.